The van der Waals surface area contributed by atoms with E-state index in [0.29, 0.717) is 0 Å². The molecule has 3 aliphatic carbocycles. The normalized spacial score (nSPS) is 30.4. The van der Waals surface area contributed by atoms with E-state index in [2.05, 4.69) is 10.6 Å². The monoisotopic (exact) mass is 755 g/mol. The van der Waals surface area contributed by atoms with Gasteiger partial charge in [0.25, 0.3) is 0 Å². The smallest absolute Gasteiger partial charge is 0.327 e. The summed E-state index contributed by atoms with van der Waals surface area (Å²) in [5.74, 6) is -2.16. The number of fused-ring (bicyclic) bond motifs is 4. The lowest BCUT2D eigenvalue weighted by atomic mass is 9.62. The van der Waals surface area contributed by atoms with Gasteiger partial charge in [0.15, 0.2) is 11.8 Å². The standard InChI is InChI=1S/C39H53N3O12/c1-37(2,3)51-30(46)12-11-27(22-44)41-29(45)13-15-40-36(48)38-20-28-31-32(53-39(52-31,25-7-8-25)26-9-10-26)34(38)54-42(33(38)35(47)50-28)21-24-6-4-5-23(19-24)14-17-49-18-16-43/h4-6,14,17,19,25-28,31-34,43-44H,7-13,15-16,18,20-22H2,1-3H3,(H,40,48)(H,41,45)/t27-,28+,31-,32-,33-,34+,38-/m0/s1. The van der Waals surface area contributed by atoms with Gasteiger partial charge in [-0.15, -0.1) is 0 Å². The fraction of sp³-hybridized carbons (Fsp3) is 0.692. The predicted octanol–water partition coefficient (Wildman–Crippen LogP) is 1.87. The molecule has 0 aromatic heterocycles. The summed E-state index contributed by atoms with van der Waals surface area (Å²) in [6, 6.07) is 5.83. The SMILES string of the molecule is CC(C)(C)OC(=O)CC[C@@H](CO)NC(=O)CCNC(=O)[C@@]12C[C@H]3OC(=O)[C@@H]1N(Cc1cccc(C=COCCO)c1)O[C@@H]2[C@H]1OC(C2CC2)(C2CC2)O[C@H]13. The highest BCUT2D eigenvalue weighted by atomic mass is 16.8. The molecule has 6 fully saturated rings. The molecule has 3 heterocycles. The molecule has 2 bridgehead atoms. The van der Waals surface area contributed by atoms with Crippen molar-refractivity contribution >= 4 is 29.8 Å². The first-order valence-electron chi connectivity index (χ1n) is 19.2. The molecule has 7 rings (SSSR count). The van der Waals surface area contributed by atoms with Crippen molar-refractivity contribution in [1.82, 2.24) is 15.7 Å². The Morgan fingerprint density at radius 3 is 2.50 bits per heavy atom. The van der Waals surface area contributed by atoms with Gasteiger partial charge in [0.2, 0.25) is 11.8 Å². The van der Waals surface area contributed by atoms with Gasteiger partial charge in [-0.3, -0.25) is 24.0 Å². The highest BCUT2D eigenvalue weighted by Gasteiger charge is 2.78. The molecule has 3 saturated carbocycles. The second-order valence-electron chi connectivity index (χ2n) is 16.4. The Kier molecular flexibility index (Phi) is 11.1. The number of hydrogen-bond donors (Lipinski definition) is 4. The maximum atomic E-state index is 14.6. The number of benzene rings is 1. The van der Waals surface area contributed by atoms with Gasteiger partial charge >= 0.3 is 11.9 Å². The molecule has 54 heavy (non-hydrogen) atoms. The summed E-state index contributed by atoms with van der Waals surface area (Å²) in [5.41, 5.74) is -0.383. The molecule has 15 heteroatoms. The van der Waals surface area contributed by atoms with E-state index < -0.39 is 77.1 Å². The summed E-state index contributed by atoms with van der Waals surface area (Å²) in [5, 5.41) is 26.0. The Hall–Kier alpha value is -3.60. The van der Waals surface area contributed by atoms with Crippen LogP contribution in [0.25, 0.3) is 6.08 Å². The van der Waals surface area contributed by atoms with E-state index in [1.807, 2.05) is 24.3 Å². The topological polar surface area (TPSA) is 191 Å². The predicted molar refractivity (Wildman–Crippen MR) is 189 cm³/mol. The van der Waals surface area contributed by atoms with Crippen molar-refractivity contribution in [2.75, 3.05) is 26.4 Å². The number of aliphatic hydroxyl groups excluding tert-OH is 2. The van der Waals surface area contributed by atoms with Crippen molar-refractivity contribution in [3.05, 3.63) is 41.7 Å². The van der Waals surface area contributed by atoms with Crippen LogP contribution < -0.4 is 10.6 Å². The second-order valence-corrected chi connectivity index (χ2v) is 16.4. The van der Waals surface area contributed by atoms with Gasteiger partial charge in [0.05, 0.1) is 32.1 Å². The van der Waals surface area contributed by atoms with E-state index in [4.69, 9.17) is 33.6 Å². The van der Waals surface area contributed by atoms with E-state index >= 15 is 0 Å². The molecule has 4 N–H and O–H groups in total. The number of rotatable bonds is 17. The van der Waals surface area contributed by atoms with E-state index in [0.717, 1.165) is 36.8 Å². The molecular weight excluding hydrogens is 702 g/mol. The number of carbonyl (C=O) groups is 4. The van der Waals surface area contributed by atoms with E-state index in [1.165, 1.54) is 11.3 Å². The fourth-order valence-corrected chi connectivity index (χ4v) is 8.54. The van der Waals surface area contributed by atoms with Crippen LogP contribution in [-0.4, -0.2) is 113 Å². The lowest BCUT2D eigenvalue weighted by Crippen LogP contribution is -2.69. The third-order valence-corrected chi connectivity index (χ3v) is 11.1. The first-order chi connectivity index (χ1) is 25.9. The van der Waals surface area contributed by atoms with Crippen molar-refractivity contribution in [3.63, 3.8) is 0 Å². The zero-order valence-corrected chi connectivity index (χ0v) is 31.2. The average Bonchev–Trinajstić information content (AvgIpc) is 4.07. The maximum Gasteiger partial charge on any atom is 0.327 e. The summed E-state index contributed by atoms with van der Waals surface area (Å²) in [7, 11) is 0. The molecule has 0 spiro atoms. The molecule has 0 radical (unpaired) electrons. The number of hydrogen-bond acceptors (Lipinski definition) is 13. The van der Waals surface area contributed by atoms with Crippen LogP contribution in [0.3, 0.4) is 0 Å². The molecular formula is C39H53N3O12. The van der Waals surface area contributed by atoms with Gasteiger partial charge < -0.3 is 44.5 Å². The first-order valence-corrected chi connectivity index (χ1v) is 19.2. The minimum atomic E-state index is -1.39. The van der Waals surface area contributed by atoms with E-state index in [9.17, 15) is 24.3 Å². The van der Waals surface area contributed by atoms with Crippen molar-refractivity contribution in [3.8, 4) is 0 Å². The summed E-state index contributed by atoms with van der Waals surface area (Å²) in [4.78, 5) is 60.4. The summed E-state index contributed by atoms with van der Waals surface area (Å²) in [6.45, 7) is 5.13. The number of aliphatic hydroxyl groups is 2. The number of ether oxygens (including phenoxy) is 5. The Labute approximate surface area is 314 Å². The molecule has 6 aliphatic rings. The highest BCUT2D eigenvalue weighted by Crippen LogP contribution is 2.63. The van der Waals surface area contributed by atoms with Crippen molar-refractivity contribution in [2.24, 2.45) is 17.3 Å². The van der Waals surface area contributed by atoms with Crippen LogP contribution in [0.15, 0.2) is 30.5 Å². The van der Waals surface area contributed by atoms with Gasteiger partial charge in [-0.25, -0.2) is 0 Å². The van der Waals surface area contributed by atoms with Gasteiger partial charge in [-0.05, 0) is 70.1 Å². The Bertz CT molecular complexity index is 1590. The third kappa shape index (κ3) is 7.89. The summed E-state index contributed by atoms with van der Waals surface area (Å²) >= 11 is 0. The number of nitrogens with one attached hydrogen (secondary N) is 2. The number of nitrogens with zero attached hydrogens (tertiary/aromatic N) is 1. The van der Waals surface area contributed by atoms with E-state index in [1.54, 1.807) is 26.8 Å². The number of amides is 2. The molecule has 1 aromatic carbocycles. The number of esters is 2. The molecule has 3 aliphatic heterocycles. The molecule has 0 unspecified atom stereocenters. The van der Waals surface area contributed by atoms with Crippen LogP contribution in [0, 0.1) is 17.3 Å². The Morgan fingerprint density at radius 1 is 1.07 bits per heavy atom. The molecule has 1 aromatic rings. The largest absolute Gasteiger partial charge is 0.499 e. The zero-order chi connectivity index (χ0) is 38.3. The highest BCUT2D eigenvalue weighted by molar-refractivity contribution is 5.94. The molecule has 2 amide bonds. The van der Waals surface area contributed by atoms with Crippen LogP contribution in [0.1, 0.15) is 83.3 Å². The molecule has 7 atom stereocenters. The Morgan fingerprint density at radius 2 is 1.81 bits per heavy atom. The van der Waals surface area contributed by atoms with Crippen LogP contribution in [0.5, 0.6) is 0 Å². The van der Waals surface area contributed by atoms with Gasteiger partial charge in [-0.1, -0.05) is 24.3 Å². The molecule has 15 nitrogen and oxygen atoms in total. The number of carbonyl (C=O) groups excluding carboxylic acids is 4. The lowest BCUT2D eigenvalue weighted by Gasteiger charge is -2.48. The summed E-state index contributed by atoms with van der Waals surface area (Å²) in [6.07, 6.45) is 4.69. The zero-order valence-electron chi connectivity index (χ0n) is 31.2. The molecule has 296 valence electrons. The minimum absolute atomic E-state index is 0.0232. The van der Waals surface area contributed by atoms with Gasteiger partial charge in [0.1, 0.15) is 42.0 Å². The quantitative estimate of drug-likeness (QED) is 0.103. The average molecular weight is 756 g/mol. The second kappa shape index (κ2) is 15.5. The maximum absolute atomic E-state index is 14.6. The summed E-state index contributed by atoms with van der Waals surface area (Å²) < 4.78 is 30.4. The van der Waals surface area contributed by atoms with Gasteiger partial charge in [-0.2, -0.15) is 5.06 Å². The van der Waals surface area contributed by atoms with Crippen LogP contribution in [0.2, 0.25) is 0 Å². The fourth-order valence-electron chi connectivity index (χ4n) is 8.54. The number of hydroxylamine groups is 2. The molecule has 3 saturated heterocycles. The minimum Gasteiger partial charge on any atom is -0.499 e. The first kappa shape index (κ1) is 38.7. The van der Waals surface area contributed by atoms with Crippen molar-refractivity contribution in [2.45, 2.75) is 127 Å². The van der Waals surface area contributed by atoms with Crippen molar-refractivity contribution < 1.29 is 57.9 Å². The van der Waals surface area contributed by atoms with Crippen LogP contribution >= 0.6 is 0 Å². The van der Waals surface area contributed by atoms with Crippen molar-refractivity contribution in [1.29, 1.82) is 0 Å². The van der Waals surface area contributed by atoms with E-state index in [-0.39, 0.29) is 70.4 Å². The van der Waals surface area contributed by atoms with Gasteiger partial charge in [0, 0.05) is 37.6 Å². The van der Waals surface area contributed by atoms with Crippen LogP contribution in [-0.2, 0) is 54.2 Å². The third-order valence-electron chi connectivity index (χ3n) is 11.1. The van der Waals surface area contributed by atoms with Crippen LogP contribution in [0.4, 0.5) is 0 Å². The Balaban J connectivity index is 1.07. The lowest BCUT2D eigenvalue weighted by molar-refractivity contribution is -0.235.